The number of hydrogen-bond acceptors (Lipinski definition) is 3. The van der Waals surface area contributed by atoms with E-state index in [1.54, 1.807) is 18.3 Å². The number of rotatable bonds is 3. The van der Waals surface area contributed by atoms with Crippen molar-refractivity contribution in [3.05, 3.63) is 29.6 Å². The number of thiocarbonyl (C=S) groups is 1. The normalized spacial score (nSPS) is 26.0. The van der Waals surface area contributed by atoms with Crippen LogP contribution >= 0.6 is 12.2 Å². The van der Waals surface area contributed by atoms with E-state index in [4.69, 9.17) is 18.0 Å². The molecule has 1 aliphatic carbocycles. The van der Waals surface area contributed by atoms with Gasteiger partial charge in [-0.15, -0.1) is 0 Å². The van der Waals surface area contributed by atoms with Gasteiger partial charge in [0.05, 0.1) is 0 Å². The van der Waals surface area contributed by atoms with Crippen LogP contribution in [0.3, 0.4) is 0 Å². The number of carbonyl (C=O) groups is 1. The third kappa shape index (κ3) is 3.54. The van der Waals surface area contributed by atoms with Gasteiger partial charge in [-0.25, -0.2) is 0 Å². The molecule has 1 amide bonds. The Balaban J connectivity index is 1.96. The number of hydrogen-bond donors (Lipinski definition) is 2. The van der Waals surface area contributed by atoms with Gasteiger partial charge in [0.1, 0.15) is 10.7 Å². The first-order chi connectivity index (χ1) is 9.47. The first kappa shape index (κ1) is 14.9. The summed E-state index contributed by atoms with van der Waals surface area (Å²) in [6, 6.07) is 3.65. The highest BCUT2D eigenvalue weighted by Crippen LogP contribution is 2.29. The average molecular weight is 291 g/mol. The van der Waals surface area contributed by atoms with Crippen molar-refractivity contribution in [1.29, 1.82) is 0 Å². The Labute approximate surface area is 125 Å². The molecule has 1 fully saturated rings. The highest BCUT2D eigenvalue weighted by atomic mass is 32.1. The highest BCUT2D eigenvalue weighted by molar-refractivity contribution is 7.80. The largest absolute Gasteiger partial charge is 0.389 e. The van der Waals surface area contributed by atoms with E-state index >= 15 is 0 Å². The van der Waals surface area contributed by atoms with E-state index < -0.39 is 0 Å². The quantitative estimate of drug-likeness (QED) is 0.838. The van der Waals surface area contributed by atoms with Crippen LogP contribution in [-0.4, -0.2) is 21.9 Å². The third-order valence-electron chi connectivity index (χ3n) is 4.21. The fourth-order valence-electron chi connectivity index (χ4n) is 2.61. The van der Waals surface area contributed by atoms with Crippen molar-refractivity contribution in [1.82, 2.24) is 10.3 Å². The third-order valence-corrected chi connectivity index (χ3v) is 4.45. The molecule has 0 bridgehead atoms. The summed E-state index contributed by atoms with van der Waals surface area (Å²) in [6.45, 7) is 4.52. The lowest BCUT2D eigenvalue weighted by Gasteiger charge is -2.32. The van der Waals surface area contributed by atoms with Crippen LogP contribution < -0.4 is 11.1 Å². The zero-order valence-electron chi connectivity index (χ0n) is 11.9. The number of aromatic nitrogens is 1. The Morgan fingerprint density at radius 1 is 1.35 bits per heavy atom. The molecule has 5 heteroatoms. The molecule has 1 heterocycles. The number of amides is 1. The van der Waals surface area contributed by atoms with Crippen LogP contribution in [-0.2, 0) is 0 Å². The van der Waals surface area contributed by atoms with Crippen molar-refractivity contribution in [2.45, 2.75) is 39.2 Å². The molecule has 3 atom stereocenters. The molecule has 0 radical (unpaired) electrons. The van der Waals surface area contributed by atoms with Crippen LogP contribution in [0.2, 0.25) is 0 Å². The molecule has 1 saturated carbocycles. The first-order valence-corrected chi connectivity index (χ1v) is 7.45. The number of pyridine rings is 1. The Morgan fingerprint density at radius 2 is 2.10 bits per heavy atom. The summed E-state index contributed by atoms with van der Waals surface area (Å²) in [6.07, 6.45) is 4.79. The van der Waals surface area contributed by atoms with E-state index in [1.807, 2.05) is 0 Å². The molecular weight excluding hydrogens is 270 g/mol. The van der Waals surface area contributed by atoms with Gasteiger partial charge >= 0.3 is 0 Å². The second kappa shape index (κ2) is 6.31. The Kier molecular flexibility index (Phi) is 4.70. The maximum atomic E-state index is 12.1. The van der Waals surface area contributed by atoms with Crippen LogP contribution in [0, 0.1) is 11.8 Å². The molecule has 0 aromatic carbocycles. The van der Waals surface area contributed by atoms with Crippen molar-refractivity contribution in [3.8, 4) is 0 Å². The lowest BCUT2D eigenvalue weighted by Crippen LogP contribution is -2.40. The smallest absolute Gasteiger partial charge is 0.270 e. The van der Waals surface area contributed by atoms with Gasteiger partial charge in [-0.2, -0.15) is 0 Å². The van der Waals surface area contributed by atoms with Crippen LogP contribution in [0.5, 0.6) is 0 Å². The SMILES string of the molecule is CC1CCC(NC(=O)c2ccc(C(N)=S)cn2)CC1C. The predicted octanol–water partition coefficient (Wildman–Crippen LogP) is 2.27. The van der Waals surface area contributed by atoms with Gasteiger partial charge in [0.2, 0.25) is 0 Å². The van der Waals surface area contributed by atoms with Crippen LogP contribution in [0.25, 0.3) is 0 Å². The molecular formula is C15H21N3OS. The fourth-order valence-corrected chi connectivity index (χ4v) is 2.73. The minimum atomic E-state index is -0.119. The number of nitrogens with two attached hydrogens (primary N) is 1. The summed E-state index contributed by atoms with van der Waals surface area (Å²) in [5, 5.41) is 3.07. The second-order valence-corrected chi connectivity index (χ2v) is 6.17. The molecule has 1 aliphatic rings. The van der Waals surface area contributed by atoms with Crippen LogP contribution in [0.1, 0.15) is 49.2 Å². The van der Waals surface area contributed by atoms with Gasteiger partial charge in [0.15, 0.2) is 0 Å². The zero-order valence-corrected chi connectivity index (χ0v) is 12.7. The van der Waals surface area contributed by atoms with Gasteiger partial charge in [-0.3, -0.25) is 9.78 Å². The highest BCUT2D eigenvalue weighted by Gasteiger charge is 2.25. The minimum Gasteiger partial charge on any atom is -0.389 e. The first-order valence-electron chi connectivity index (χ1n) is 7.04. The van der Waals surface area contributed by atoms with Crippen molar-refractivity contribution in [2.75, 3.05) is 0 Å². The zero-order chi connectivity index (χ0) is 14.7. The second-order valence-electron chi connectivity index (χ2n) is 5.73. The number of nitrogens with zero attached hydrogens (tertiary/aromatic N) is 1. The van der Waals surface area contributed by atoms with E-state index in [2.05, 4.69) is 24.1 Å². The lowest BCUT2D eigenvalue weighted by molar-refractivity contribution is 0.0905. The van der Waals surface area contributed by atoms with E-state index in [0.29, 0.717) is 22.2 Å². The summed E-state index contributed by atoms with van der Waals surface area (Å²) >= 11 is 4.86. The maximum absolute atomic E-state index is 12.1. The van der Waals surface area contributed by atoms with Gasteiger partial charge in [-0.1, -0.05) is 26.1 Å². The summed E-state index contributed by atoms with van der Waals surface area (Å²) < 4.78 is 0. The van der Waals surface area contributed by atoms with Gasteiger partial charge in [-0.05, 0) is 43.2 Å². The molecule has 0 aliphatic heterocycles. The summed E-state index contributed by atoms with van der Waals surface area (Å²) in [7, 11) is 0. The number of carbonyl (C=O) groups excluding carboxylic acids is 1. The van der Waals surface area contributed by atoms with E-state index in [1.165, 1.54) is 6.42 Å². The standard InChI is InChI=1S/C15H21N3OS/c1-9-3-5-12(7-10(9)2)18-15(19)13-6-4-11(8-17-13)14(16)20/h4,6,8-10,12H,3,5,7H2,1-2H3,(H2,16,20)(H,18,19). The molecule has 1 aromatic rings. The van der Waals surface area contributed by atoms with Crippen molar-refractivity contribution in [2.24, 2.45) is 17.6 Å². The van der Waals surface area contributed by atoms with Gasteiger partial charge in [0, 0.05) is 17.8 Å². The fraction of sp³-hybridized carbons (Fsp3) is 0.533. The average Bonchev–Trinajstić information content (AvgIpc) is 2.43. The molecule has 4 nitrogen and oxygen atoms in total. The monoisotopic (exact) mass is 291 g/mol. The van der Waals surface area contributed by atoms with Crippen molar-refractivity contribution < 1.29 is 4.79 Å². The molecule has 2 rings (SSSR count). The molecule has 108 valence electrons. The maximum Gasteiger partial charge on any atom is 0.270 e. The summed E-state index contributed by atoms with van der Waals surface area (Å²) in [4.78, 5) is 16.6. The molecule has 20 heavy (non-hydrogen) atoms. The van der Waals surface area contributed by atoms with E-state index in [0.717, 1.165) is 18.8 Å². The summed E-state index contributed by atoms with van der Waals surface area (Å²) in [5.74, 6) is 1.27. The summed E-state index contributed by atoms with van der Waals surface area (Å²) in [5.41, 5.74) is 6.60. The Morgan fingerprint density at radius 3 is 2.65 bits per heavy atom. The Bertz CT molecular complexity index is 500. The molecule has 3 N–H and O–H groups in total. The molecule has 3 unspecified atom stereocenters. The van der Waals surface area contributed by atoms with Crippen LogP contribution in [0.4, 0.5) is 0 Å². The molecule has 1 aromatic heterocycles. The minimum absolute atomic E-state index is 0.119. The lowest BCUT2D eigenvalue weighted by atomic mass is 9.79. The number of nitrogens with one attached hydrogen (secondary N) is 1. The van der Waals surface area contributed by atoms with E-state index in [9.17, 15) is 4.79 Å². The van der Waals surface area contributed by atoms with Crippen molar-refractivity contribution >= 4 is 23.1 Å². The Hall–Kier alpha value is -1.49. The van der Waals surface area contributed by atoms with Crippen LogP contribution in [0.15, 0.2) is 18.3 Å². The van der Waals surface area contributed by atoms with Gasteiger partial charge < -0.3 is 11.1 Å². The predicted molar refractivity (Wildman–Crippen MR) is 83.6 cm³/mol. The topological polar surface area (TPSA) is 68.0 Å². The molecule has 0 saturated heterocycles. The molecule has 0 spiro atoms. The van der Waals surface area contributed by atoms with Crippen molar-refractivity contribution in [3.63, 3.8) is 0 Å². The van der Waals surface area contributed by atoms with E-state index in [-0.39, 0.29) is 11.9 Å². The van der Waals surface area contributed by atoms with Gasteiger partial charge in [0.25, 0.3) is 5.91 Å².